The Morgan fingerprint density at radius 2 is 2.43 bits per heavy atom. The van der Waals surface area contributed by atoms with E-state index in [1.807, 2.05) is 6.07 Å². The molecule has 14 heavy (non-hydrogen) atoms. The van der Waals surface area contributed by atoms with Crippen molar-refractivity contribution in [1.29, 1.82) is 0 Å². The summed E-state index contributed by atoms with van der Waals surface area (Å²) in [6, 6.07) is 1.85. The van der Waals surface area contributed by atoms with Gasteiger partial charge < -0.3 is 5.73 Å². The van der Waals surface area contributed by atoms with E-state index < -0.39 is 0 Å². The zero-order valence-corrected chi connectivity index (χ0v) is 8.75. The lowest BCUT2D eigenvalue weighted by atomic mass is 10.5. The number of hydrogen-bond acceptors (Lipinski definition) is 7. The first-order valence-electron chi connectivity index (χ1n) is 3.82. The van der Waals surface area contributed by atoms with Crippen LogP contribution in [0.2, 0.25) is 0 Å². The molecule has 0 bridgehead atoms. The molecule has 0 aliphatic heterocycles. The summed E-state index contributed by atoms with van der Waals surface area (Å²) in [5.74, 6) is 0.694. The van der Waals surface area contributed by atoms with E-state index in [0.717, 1.165) is 10.7 Å². The lowest BCUT2D eigenvalue weighted by molar-refractivity contribution is 1.04. The standard InChI is InChI=1S/C7H7N5S2/c8-7-5(11-12-14-7)3-13-6-1-2-9-4-10-6/h1-2,4H,3,8H2. The Kier molecular flexibility index (Phi) is 2.90. The third-order valence-corrected chi connectivity index (χ3v) is 3.05. The molecule has 2 heterocycles. The van der Waals surface area contributed by atoms with Crippen LogP contribution in [0, 0.1) is 0 Å². The number of nitrogen functional groups attached to an aromatic ring is 1. The van der Waals surface area contributed by atoms with Crippen LogP contribution in [0.5, 0.6) is 0 Å². The van der Waals surface area contributed by atoms with Crippen LogP contribution in [0.25, 0.3) is 0 Å². The van der Waals surface area contributed by atoms with E-state index in [2.05, 4.69) is 19.6 Å². The minimum absolute atomic E-state index is 0.673. The lowest BCUT2D eigenvalue weighted by Gasteiger charge is -1.96. The second kappa shape index (κ2) is 4.34. The Morgan fingerprint density at radius 3 is 3.07 bits per heavy atom. The van der Waals surface area contributed by atoms with Crippen LogP contribution in [0.4, 0.5) is 5.00 Å². The molecule has 0 radical (unpaired) electrons. The summed E-state index contributed by atoms with van der Waals surface area (Å²) < 4.78 is 3.75. The van der Waals surface area contributed by atoms with Crippen LogP contribution in [0.3, 0.4) is 0 Å². The fraction of sp³-hybridized carbons (Fsp3) is 0.143. The van der Waals surface area contributed by atoms with E-state index in [-0.39, 0.29) is 0 Å². The van der Waals surface area contributed by atoms with Gasteiger partial charge >= 0.3 is 0 Å². The average Bonchev–Trinajstić information content (AvgIpc) is 2.63. The van der Waals surface area contributed by atoms with E-state index in [1.165, 1.54) is 17.9 Å². The van der Waals surface area contributed by atoms with Gasteiger partial charge in [0.05, 0.1) is 5.03 Å². The van der Waals surface area contributed by atoms with Crippen molar-refractivity contribution in [2.75, 3.05) is 5.73 Å². The molecule has 0 aliphatic rings. The van der Waals surface area contributed by atoms with Gasteiger partial charge in [0, 0.05) is 23.5 Å². The maximum absolute atomic E-state index is 5.65. The minimum atomic E-state index is 0.673. The van der Waals surface area contributed by atoms with Crippen molar-refractivity contribution >= 4 is 28.3 Å². The molecule has 0 aliphatic carbocycles. The summed E-state index contributed by atoms with van der Waals surface area (Å²) in [4.78, 5) is 7.91. The topological polar surface area (TPSA) is 77.6 Å². The second-order valence-corrected chi connectivity index (χ2v) is 4.20. The molecule has 0 fully saturated rings. The maximum atomic E-state index is 5.65. The number of nitrogens with zero attached hydrogens (tertiary/aromatic N) is 4. The van der Waals surface area contributed by atoms with Gasteiger partial charge in [-0.3, -0.25) is 0 Å². The highest BCUT2D eigenvalue weighted by molar-refractivity contribution is 7.98. The smallest absolute Gasteiger partial charge is 0.131 e. The van der Waals surface area contributed by atoms with E-state index in [0.29, 0.717) is 10.8 Å². The predicted molar refractivity (Wildman–Crippen MR) is 55.9 cm³/mol. The van der Waals surface area contributed by atoms with Crippen LogP contribution in [0.15, 0.2) is 23.6 Å². The zero-order chi connectivity index (χ0) is 9.80. The van der Waals surface area contributed by atoms with Gasteiger partial charge in [0.2, 0.25) is 0 Å². The summed E-state index contributed by atoms with van der Waals surface area (Å²) in [6.07, 6.45) is 3.23. The lowest BCUT2D eigenvalue weighted by Crippen LogP contribution is -1.89. The molecule has 0 aromatic carbocycles. The van der Waals surface area contributed by atoms with Gasteiger partial charge in [-0.15, -0.1) is 5.10 Å². The minimum Gasteiger partial charge on any atom is -0.388 e. The monoisotopic (exact) mass is 225 g/mol. The third-order valence-electron chi connectivity index (χ3n) is 1.50. The second-order valence-electron chi connectivity index (χ2n) is 2.42. The number of thioether (sulfide) groups is 1. The molecule has 0 amide bonds. The fourth-order valence-corrected chi connectivity index (χ4v) is 2.14. The molecule has 2 rings (SSSR count). The van der Waals surface area contributed by atoms with Gasteiger partial charge in [-0.2, -0.15) is 0 Å². The third kappa shape index (κ3) is 2.18. The van der Waals surface area contributed by atoms with Gasteiger partial charge in [-0.05, 0) is 6.07 Å². The van der Waals surface area contributed by atoms with Crippen molar-refractivity contribution in [3.8, 4) is 0 Å². The van der Waals surface area contributed by atoms with Crippen LogP contribution < -0.4 is 5.73 Å². The first-order valence-corrected chi connectivity index (χ1v) is 5.57. The molecule has 5 nitrogen and oxygen atoms in total. The first kappa shape index (κ1) is 9.35. The molecule has 2 aromatic rings. The summed E-state index contributed by atoms with van der Waals surface area (Å²) in [5, 5.41) is 5.49. The molecule has 2 aromatic heterocycles. The normalized spacial score (nSPS) is 10.3. The number of hydrogen-bond donors (Lipinski definition) is 1. The summed E-state index contributed by atoms with van der Waals surface area (Å²) in [5.41, 5.74) is 6.47. The van der Waals surface area contributed by atoms with Gasteiger partial charge in [-0.1, -0.05) is 16.3 Å². The van der Waals surface area contributed by atoms with Gasteiger partial charge in [-0.25, -0.2) is 9.97 Å². The van der Waals surface area contributed by atoms with E-state index in [1.54, 1.807) is 18.0 Å². The van der Waals surface area contributed by atoms with E-state index in [4.69, 9.17) is 5.73 Å². The summed E-state index contributed by atoms with van der Waals surface area (Å²) in [6.45, 7) is 0. The van der Waals surface area contributed by atoms with Crippen molar-refractivity contribution in [2.45, 2.75) is 10.8 Å². The Bertz CT molecular complexity index is 401. The van der Waals surface area contributed by atoms with Crippen LogP contribution in [-0.2, 0) is 5.75 Å². The molecular weight excluding hydrogens is 218 g/mol. The van der Waals surface area contributed by atoms with Gasteiger partial charge in [0.15, 0.2) is 0 Å². The van der Waals surface area contributed by atoms with Crippen molar-refractivity contribution in [3.05, 3.63) is 24.3 Å². The quantitative estimate of drug-likeness (QED) is 0.624. The van der Waals surface area contributed by atoms with Crippen LogP contribution in [0.1, 0.15) is 5.69 Å². The van der Waals surface area contributed by atoms with E-state index >= 15 is 0 Å². The number of rotatable bonds is 3. The van der Waals surface area contributed by atoms with Gasteiger partial charge in [0.1, 0.15) is 17.0 Å². The Morgan fingerprint density at radius 1 is 1.50 bits per heavy atom. The van der Waals surface area contributed by atoms with Crippen molar-refractivity contribution in [2.24, 2.45) is 0 Å². The first-order chi connectivity index (χ1) is 6.86. The summed E-state index contributed by atoms with van der Waals surface area (Å²) in [7, 11) is 0. The molecule has 7 heteroatoms. The molecule has 2 N–H and O–H groups in total. The van der Waals surface area contributed by atoms with Crippen LogP contribution >= 0.6 is 23.3 Å². The number of aromatic nitrogens is 4. The highest BCUT2D eigenvalue weighted by atomic mass is 32.2. The molecule has 0 spiro atoms. The molecule has 72 valence electrons. The molecule has 0 unspecified atom stereocenters. The molecule has 0 saturated heterocycles. The Labute approximate surface area is 88.9 Å². The largest absolute Gasteiger partial charge is 0.388 e. The molecule has 0 atom stereocenters. The molecular formula is C7H7N5S2. The number of anilines is 1. The predicted octanol–water partition coefficient (Wildman–Crippen LogP) is 1.20. The zero-order valence-electron chi connectivity index (χ0n) is 7.12. The highest BCUT2D eigenvalue weighted by Gasteiger charge is 2.04. The van der Waals surface area contributed by atoms with Gasteiger partial charge in [0.25, 0.3) is 0 Å². The Balaban J connectivity index is 1.99. The Hall–Kier alpha value is -1.21. The van der Waals surface area contributed by atoms with Crippen molar-refractivity contribution in [3.63, 3.8) is 0 Å². The summed E-state index contributed by atoms with van der Waals surface area (Å²) >= 11 is 2.78. The van der Waals surface area contributed by atoms with Crippen LogP contribution in [-0.4, -0.2) is 19.6 Å². The van der Waals surface area contributed by atoms with Crippen molar-refractivity contribution < 1.29 is 0 Å². The van der Waals surface area contributed by atoms with Crippen molar-refractivity contribution in [1.82, 2.24) is 19.6 Å². The fourth-order valence-electron chi connectivity index (χ4n) is 0.822. The SMILES string of the molecule is Nc1snnc1CSc1ccncn1. The van der Waals surface area contributed by atoms with E-state index in [9.17, 15) is 0 Å². The number of nitrogens with two attached hydrogens (primary N) is 1. The maximum Gasteiger partial charge on any atom is 0.131 e. The molecule has 0 saturated carbocycles. The highest BCUT2D eigenvalue weighted by Crippen LogP contribution is 2.23. The average molecular weight is 225 g/mol.